The van der Waals surface area contributed by atoms with Crippen molar-refractivity contribution in [1.29, 1.82) is 0 Å². The number of benzene rings is 1. The van der Waals surface area contributed by atoms with Gasteiger partial charge in [0.1, 0.15) is 5.82 Å². The summed E-state index contributed by atoms with van der Waals surface area (Å²) < 4.78 is 2.31. The van der Waals surface area contributed by atoms with Gasteiger partial charge in [-0.1, -0.05) is 18.6 Å². The minimum Gasteiger partial charge on any atom is -0.327 e. The average Bonchev–Trinajstić information content (AvgIpc) is 2.64. The summed E-state index contributed by atoms with van der Waals surface area (Å²) in [6, 6.07) is 9.10. The number of fused-ring (bicyclic) bond motifs is 1. The molecule has 1 aromatic carbocycles. The Morgan fingerprint density at radius 2 is 2.18 bits per heavy atom. The van der Waals surface area contributed by atoms with E-state index in [4.69, 9.17) is 4.98 Å². The molecule has 0 unspecified atom stereocenters. The minimum absolute atomic E-state index is 0.722. The average molecular weight is 229 g/mol. The maximum absolute atomic E-state index is 4.71. The third-order valence-electron chi connectivity index (χ3n) is 3.70. The highest BCUT2D eigenvalue weighted by Gasteiger charge is 2.17. The number of para-hydroxylation sites is 2. The Balaban J connectivity index is 1.86. The van der Waals surface area contributed by atoms with E-state index in [2.05, 4.69) is 41.1 Å². The van der Waals surface area contributed by atoms with Crippen molar-refractivity contribution < 1.29 is 0 Å². The van der Waals surface area contributed by atoms with Crippen LogP contribution >= 0.6 is 0 Å². The predicted octanol–water partition coefficient (Wildman–Crippen LogP) is 2.70. The van der Waals surface area contributed by atoms with E-state index < -0.39 is 0 Å². The van der Waals surface area contributed by atoms with E-state index in [0.29, 0.717) is 0 Å². The lowest BCUT2D eigenvalue weighted by atomic mass is 9.93. The van der Waals surface area contributed by atoms with E-state index in [1.807, 2.05) is 0 Å². The molecule has 0 atom stereocenters. The van der Waals surface area contributed by atoms with Crippen molar-refractivity contribution in [3.8, 4) is 0 Å². The van der Waals surface area contributed by atoms with Gasteiger partial charge in [-0.2, -0.15) is 0 Å². The van der Waals surface area contributed by atoms with Crippen molar-refractivity contribution in [3.63, 3.8) is 0 Å². The van der Waals surface area contributed by atoms with E-state index in [-0.39, 0.29) is 0 Å². The zero-order valence-corrected chi connectivity index (χ0v) is 10.3. The summed E-state index contributed by atoms with van der Waals surface area (Å²) in [7, 11) is 0. The fourth-order valence-corrected chi connectivity index (χ4v) is 2.46. The van der Waals surface area contributed by atoms with Gasteiger partial charge in [-0.3, -0.25) is 0 Å². The summed E-state index contributed by atoms with van der Waals surface area (Å²) in [6.45, 7) is 4.07. The molecule has 90 valence electrons. The fourth-order valence-electron chi connectivity index (χ4n) is 2.46. The first-order valence-corrected chi connectivity index (χ1v) is 6.56. The molecule has 1 fully saturated rings. The summed E-state index contributed by atoms with van der Waals surface area (Å²) in [4.78, 5) is 4.71. The van der Waals surface area contributed by atoms with Crippen molar-refractivity contribution >= 4 is 11.0 Å². The van der Waals surface area contributed by atoms with Crippen LogP contribution < -0.4 is 5.32 Å². The van der Waals surface area contributed by atoms with Crippen LogP contribution in [0.1, 0.15) is 32.0 Å². The maximum Gasteiger partial charge on any atom is 0.123 e. The number of aryl methyl sites for hydroxylation is 1. The number of hydrogen-bond donors (Lipinski definition) is 1. The van der Waals surface area contributed by atoms with Crippen LogP contribution in [0, 0.1) is 0 Å². The smallest absolute Gasteiger partial charge is 0.123 e. The first-order valence-electron chi connectivity index (χ1n) is 6.56. The predicted molar refractivity (Wildman–Crippen MR) is 69.9 cm³/mol. The van der Waals surface area contributed by atoms with E-state index in [1.54, 1.807) is 0 Å². The van der Waals surface area contributed by atoms with Crippen LogP contribution in [0.25, 0.3) is 11.0 Å². The molecule has 1 saturated carbocycles. The zero-order valence-electron chi connectivity index (χ0n) is 10.3. The lowest BCUT2D eigenvalue weighted by Crippen LogP contribution is -2.35. The summed E-state index contributed by atoms with van der Waals surface area (Å²) in [5.41, 5.74) is 2.36. The summed E-state index contributed by atoms with van der Waals surface area (Å²) in [5, 5.41) is 3.59. The first kappa shape index (κ1) is 10.8. The van der Waals surface area contributed by atoms with E-state index in [1.165, 1.54) is 30.6 Å². The van der Waals surface area contributed by atoms with Gasteiger partial charge < -0.3 is 9.88 Å². The van der Waals surface area contributed by atoms with Crippen LogP contribution in [-0.2, 0) is 13.1 Å². The molecule has 1 aliphatic rings. The number of nitrogens with one attached hydrogen (secondary N) is 1. The van der Waals surface area contributed by atoms with Crippen LogP contribution in [0.3, 0.4) is 0 Å². The van der Waals surface area contributed by atoms with Crippen molar-refractivity contribution in [3.05, 3.63) is 30.1 Å². The largest absolute Gasteiger partial charge is 0.327 e. The van der Waals surface area contributed by atoms with Crippen LogP contribution in [0.15, 0.2) is 24.3 Å². The molecule has 0 radical (unpaired) electrons. The Labute approximate surface area is 102 Å². The lowest BCUT2D eigenvalue weighted by molar-refractivity contribution is 0.333. The standard InChI is InChI=1S/C14H19N3/c1-2-17-13-9-4-3-8-12(13)16-14(17)10-15-11-6-5-7-11/h3-4,8-9,11,15H,2,5-7,10H2,1H3. The quantitative estimate of drug-likeness (QED) is 0.873. The van der Waals surface area contributed by atoms with Gasteiger partial charge in [0.2, 0.25) is 0 Å². The van der Waals surface area contributed by atoms with Crippen LogP contribution in [-0.4, -0.2) is 15.6 Å². The third kappa shape index (κ3) is 1.95. The van der Waals surface area contributed by atoms with E-state index in [0.717, 1.165) is 24.6 Å². The highest BCUT2D eigenvalue weighted by molar-refractivity contribution is 5.75. The molecular weight excluding hydrogens is 210 g/mol. The molecule has 1 N–H and O–H groups in total. The lowest BCUT2D eigenvalue weighted by Gasteiger charge is -2.26. The SMILES string of the molecule is CCn1c(CNC2CCC2)nc2ccccc21. The zero-order chi connectivity index (χ0) is 11.7. The Bertz CT molecular complexity index is 511. The minimum atomic E-state index is 0.722. The second-order valence-electron chi connectivity index (χ2n) is 4.77. The second-order valence-corrected chi connectivity index (χ2v) is 4.77. The molecule has 1 aliphatic carbocycles. The topological polar surface area (TPSA) is 29.9 Å². The monoisotopic (exact) mass is 229 g/mol. The molecule has 0 bridgehead atoms. The van der Waals surface area contributed by atoms with Gasteiger partial charge in [-0.25, -0.2) is 4.98 Å². The summed E-state index contributed by atoms with van der Waals surface area (Å²) in [6.07, 6.45) is 4.03. The van der Waals surface area contributed by atoms with Crippen molar-refractivity contribution in [1.82, 2.24) is 14.9 Å². The van der Waals surface area contributed by atoms with Gasteiger partial charge in [-0.05, 0) is 31.9 Å². The number of imidazole rings is 1. The molecule has 0 spiro atoms. The van der Waals surface area contributed by atoms with Crippen molar-refractivity contribution in [2.24, 2.45) is 0 Å². The van der Waals surface area contributed by atoms with Crippen LogP contribution in [0.4, 0.5) is 0 Å². The van der Waals surface area contributed by atoms with E-state index >= 15 is 0 Å². The molecule has 1 aromatic heterocycles. The molecule has 3 heteroatoms. The molecular formula is C14H19N3. The molecule has 0 saturated heterocycles. The van der Waals surface area contributed by atoms with E-state index in [9.17, 15) is 0 Å². The molecule has 2 aromatic rings. The van der Waals surface area contributed by atoms with Gasteiger partial charge in [-0.15, -0.1) is 0 Å². The number of aromatic nitrogens is 2. The Hall–Kier alpha value is -1.35. The van der Waals surface area contributed by atoms with Gasteiger partial charge in [0, 0.05) is 12.6 Å². The van der Waals surface area contributed by atoms with Gasteiger partial charge in [0.25, 0.3) is 0 Å². The van der Waals surface area contributed by atoms with Crippen molar-refractivity contribution in [2.45, 2.75) is 45.3 Å². The maximum atomic E-state index is 4.71. The summed E-state index contributed by atoms with van der Waals surface area (Å²) >= 11 is 0. The summed E-state index contributed by atoms with van der Waals surface area (Å²) in [5.74, 6) is 1.17. The highest BCUT2D eigenvalue weighted by atomic mass is 15.1. The molecule has 3 nitrogen and oxygen atoms in total. The van der Waals surface area contributed by atoms with Crippen LogP contribution in [0.5, 0.6) is 0 Å². The number of nitrogens with zero attached hydrogens (tertiary/aromatic N) is 2. The van der Waals surface area contributed by atoms with Crippen molar-refractivity contribution in [2.75, 3.05) is 0 Å². The highest BCUT2D eigenvalue weighted by Crippen LogP contribution is 2.20. The Kier molecular flexibility index (Phi) is 2.85. The normalized spacial score (nSPS) is 16.3. The molecule has 0 aliphatic heterocycles. The van der Waals surface area contributed by atoms with Gasteiger partial charge in [0.05, 0.1) is 17.6 Å². The molecule has 17 heavy (non-hydrogen) atoms. The Morgan fingerprint density at radius 3 is 2.88 bits per heavy atom. The second kappa shape index (κ2) is 4.49. The molecule has 0 amide bonds. The number of rotatable bonds is 4. The van der Waals surface area contributed by atoms with Gasteiger partial charge >= 0.3 is 0 Å². The number of hydrogen-bond acceptors (Lipinski definition) is 2. The first-order chi connectivity index (χ1) is 8.38. The van der Waals surface area contributed by atoms with Crippen LogP contribution in [0.2, 0.25) is 0 Å². The third-order valence-corrected chi connectivity index (χ3v) is 3.70. The molecule has 1 heterocycles. The van der Waals surface area contributed by atoms with Gasteiger partial charge in [0.15, 0.2) is 0 Å². The fraction of sp³-hybridized carbons (Fsp3) is 0.500. The molecule has 3 rings (SSSR count). The Morgan fingerprint density at radius 1 is 1.35 bits per heavy atom.